The number of hydrogen-bond acceptors (Lipinski definition) is 4. The van der Waals surface area contributed by atoms with Crippen LogP contribution in [0.1, 0.15) is 45.4 Å². The second-order valence-electron chi connectivity index (χ2n) is 7.80. The van der Waals surface area contributed by atoms with Gasteiger partial charge in [0.1, 0.15) is 16.9 Å². The monoisotopic (exact) mass is 403 g/mol. The molecule has 0 saturated carbocycles. The number of piperidine rings is 1. The van der Waals surface area contributed by atoms with Gasteiger partial charge in [-0.15, -0.1) is 0 Å². The molecule has 1 aliphatic heterocycles. The van der Waals surface area contributed by atoms with E-state index < -0.39 is 0 Å². The number of furan rings is 1. The number of aromatic amines is 1. The summed E-state index contributed by atoms with van der Waals surface area (Å²) >= 11 is 3.48. The fraction of sp³-hybridized carbons (Fsp3) is 0.474. The molecule has 6 heteroatoms. The molecule has 0 unspecified atom stereocenters. The van der Waals surface area contributed by atoms with Crippen molar-refractivity contribution < 1.29 is 4.42 Å². The van der Waals surface area contributed by atoms with E-state index in [9.17, 15) is 4.79 Å². The van der Waals surface area contributed by atoms with E-state index in [0.29, 0.717) is 16.7 Å². The Morgan fingerprint density at radius 2 is 2.00 bits per heavy atom. The molecule has 1 aliphatic rings. The van der Waals surface area contributed by atoms with Crippen molar-refractivity contribution in [3.8, 4) is 0 Å². The lowest BCUT2D eigenvalue weighted by Gasteiger charge is -2.40. The lowest BCUT2D eigenvalue weighted by molar-refractivity contribution is 0.101. The van der Waals surface area contributed by atoms with E-state index in [4.69, 9.17) is 9.40 Å². The van der Waals surface area contributed by atoms with Crippen LogP contribution in [0.4, 0.5) is 0 Å². The van der Waals surface area contributed by atoms with Gasteiger partial charge in [-0.05, 0) is 64.9 Å². The number of fused-ring (bicyclic) bond motifs is 3. The molecule has 1 saturated heterocycles. The maximum atomic E-state index is 12.5. The summed E-state index contributed by atoms with van der Waals surface area (Å²) in [4.78, 5) is 22.7. The maximum absolute atomic E-state index is 12.5. The Balaban J connectivity index is 1.73. The largest absolute Gasteiger partial charge is 0.449 e. The van der Waals surface area contributed by atoms with Crippen LogP contribution in [-0.2, 0) is 0 Å². The second kappa shape index (κ2) is 5.95. The number of rotatable bonds is 1. The number of halogens is 1. The van der Waals surface area contributed by atoms with Crippen LogP contribution in [0.3, 0.4) is 0 Å². The summed E-state index contributed by atoms with van der Waals surface area (Å²) in [6.07, 6.45) is 2.01. The Morgan fingerprint density at radius 1 is 1.28 bits per heavy atom. The van der Waals surface area contributed by atoms with Crippen LogP contribution in [0, 0.1) is 0 Å². The van der Waals surface area contributed by atoms with Crippen molar-refractivity contribution in [2.24, 2.45) is 0 Å². The third-order valence-corrected chi connectivity index (χ3v) is 5.63. The summed E-state index contributed by atoms with van der Waals surface area (Å²) in [5.41, 5.74) is 1.65. The zero-order chi connectivity index (χ0) is 17.8. The molecule has 5 nitrogen and oxygen atoms in total. The highest BCUT2D eigenvalue weighted by molar-refractivity contribution is 9.10. The first-order valence-corrected chi connectivity index (χ1v) is 9.49. The van der Waals surface area contributed by atoms with Crippen molar-refractivity contribution in [2.75, 3.05) is 13.1 Å². The first-order chi connectivity index (χ1) is 11.8. The van der Waals surface area contributed by atoms with Crippen molar-refractivity contribution in [3.63, 3.8) is 0 Å². The number of nitrogens with one attached hydrogen (secondary N) is 1. The fourth-order valence-electron chi connectivity index (χ4n) is 3.66. The van der Waals surface area contributed by atoms with Gasteiger partial charge in [0.2, 0.25) is 5.58 Å². The third-order valence-electron chi connectivity index (χ3n) is 5.13. The first-order valence-electron chi connectivity index (χ1n) is 8.70. The van der Waals surface area contributed by atoms with Crippen LogP contribution in [-0.4, -0.2) is 33.5 Å². The van der Waals surface area contributed by atoms with E-state index in [0.717, 1.165) is 41.6 Å². The van der Waals surface area contributed by atoms with Crippen LogP contribution in [0.25, 0.3) is 22.1 Å². The smallest absolute Gasteiger partial charge is 0.294 e. The van der Waals surface area contributed by atoms with Gasteiger partial charge in [-0.25, -0.2) is 4.98 Å². The number of nitrogens with zero attached hydrogens (tertiary/aromatic N) is 2. The zero-order valence-corrected chi connectivity index (χ0v) is 16.3. The van der Waals surface area contributed by atoms with Gasteiger partial charge >= 0.3 is 0 Å². The molecule has 1 fully saturated rings. The van der Waals surface area contributed by atoms with Crippen molar-refractivity contribution in [1.29, 1.82) is 0 Å². The minimum atomic E-state index is -0.189. The molecule has 0 amide bonds. The van der Waals surface area contributed by atoms with Crippen LogP contribution < -0.4 is 5.56 Å². The van der Waals surface area contributed by atoms with Crippen LogP contribution >= 0.6 is 15.9 Å². The molecule has 0 atom stereocenters. The Hall–Kier alpha value is -1.66. The van der Waals surface area contributed by atoms with E-state index >= 15 is 0 Å². The lowest BCUT2D eigenvalue weighted by atomic mass is 9.92. The quantitative estimate of drug-likeness (QED) is 0.653. The Kier molecular flexibility index (Phi) is 4.00. The van der Waals surface area contributed by atoms with E-state index in [2.05, 4.69) is 46.6 Å². The summed E-state index contributed by atoms with van der Waals surface area (Å²) in [6, 6.07) is 5.73. The Bertz CT molecular complexity index is 991. The second-order valence-corrected chi connectivity index (χ2v) is 8.72. The maximum Gasteiger partial charge on any atom is 0.294 e. The van der Waals surface area contributed by atoms with Gasteiger partial charge in [-0.2, -0.15) is 0 Å². The summed E-state index contributed by atoms with van der Waals surface area (Å²) in [5, 5.41) is 0.879. The molecule has 0 spiro atoms. The van der Waals surface area contributed by atoms with Gasteiger partial charge in [0.05, 0.1) is 0 Å². The molecule has 1 N–H and O–H groups in total. The van der Waals surface area contributed by atoms with Gasteiger partial charge in [0.25, 0.3) is 5.56 Å². The highest BCUT2D eigenvalue weighted by Crippen LogP contribution is 2.32. The molecule has 2 aromatic heterocycles. The topological polar surface area (TPSA) is 62.1 Å². The predicted molar refractivity (Wildman–Crippen MR) is 103 cm³/mol. The molecular formula is C19H22BrN3O2. The first kappa shape index (κ1) is 16.8. The summed E-state index contributed by atoms with van der Waals surface area (Å²) in [5.74, 6) is 1.07. The molecule has 4 rings (SSSR count). The molecule has 0 radical (unpaired) electrons. The summed E-state index contributed by atoms with van der Waals surface area (Å²) in [7, 11) is 0. The van der Waals surface area contributed by atoms with Gasteiger partial charge in [-0.1, -0.05) is 15.9 Å². The van der Waals surface area contributed by atoms with Gasteiger partial charge < -0.3 is 9.40 Å². The van der Waals surface area contributed by atoms with Crippen LogP contribution in [0.2, 0.25) is 0 Å². The molecule has 3 heterocycles. The van der Waals surface area contributed by atoms with Crippen molar-refractivity contribution in [3.05, 3.63) is 38.9 Å². The Morgan fingerprint density at radius 3 is 2.68 bits per heavy atom. The number of benzene rings is 1. The molecule has 25 heavy (non-hydrogen) atoms. The molecule has 132 valence electrons. The summed E-state index contributed by atoms with van der Waals surface area (Å²) in [6.45, 7) is 8.78. The lowest BCUT2D eigenvalue weighted by Crippen LogP contribution is -2.46. The average Bonchev–Trinajstić information content (AvgIpc) is 2.93. The third kappa shape index (κ3) is 3.02. The van der Waals surface area contributed by atoms with E-state index in [1.54, 1.807) is 0 Å². The van der Waals surface area contributed by atoms with E-state index in [1.165, 1.54) is 0 Å². The van der Waals surface area contributed by atoms with Gasteiger partial charge in [0.15, 0.2) is 0 Å². The average molecular weight is 404 g/mol. The van der Waals surface area contributed by atoms with E-state index in [1.807, 2.05) is 18.2 Å². The molecular weight excluding hydrogens is 382 g/mol. The number of likely N-dealkylation sites (tertiary alicyclic amines) is 1. The van der Waals surface area contributed by atoms with Crippen molar-refractivity contribution >= 4 is 38.0 Å². The minimum Gasteiger partial charge on any atom is -0.449 e. The van der Waals surface area contributed by atoms with E-state index in [-0.39, 0.29) is 17.0 Å². The molecule has 0 aliphatic carbocycles. The van der Waals surface area contributed by atoms with Gasteiger partial charge in [-0.3, -0.25) is 9.69 Å². The number of aromatic nitrogens is 2. The molecule has 1 aromatic carbocycles. The van der Waals surface area contributed by atoms with Crippen molar-refractivity contribution in [1.82, 2.24) is 14.9 Å². The normalized spacial score (nSPS) is 17.6. The molecule has 0 bridgehead atoms. The minimum absolute atomic E-state index is 0.183. The number of hydrogen-bond donors (Lipinski definition) is 1. The summed E-state index contributed by atoms with van der Waals surface area (Å²) < 4.78 is 6.66. The van der Waals surface area contributed by atoms with Crippen molar-refractivity contribution in [2.45, 2.75) is 45.1 Å². The predicted octanol–water partition coefficient (Wildman–Crippen LogP) is 4.41. The fourth-order valence-corrected chi connectivity index (χ4v) is 4.02. The Labute approximate surface area is 154 Å². The zero-order valence-electron chi connectivity index (χ0n) is 14.7. The van der Waals surface area contributed by atoms with Gasteiger partial charge in [0, 0.05) is 21.3 Å². The van der Waals surface area contributed by atoms with Crippen LogP contribution in [0.15, 0.2) is 31.9 Å². The standard InChI is InChI=1S/C19H22BrN3O2/c1-19(2,3)23-8-6-11(7-9-23)17-21-15-13-10-12(20)4-5-14(13)25-16(15)18(24)22-17/h4-5,10-11H,6-9H2,1-3H3,(H,21,22,24). The number of H-pyrrole nitrogens is 1. The highest BCUT2D eigenvalue weighted by atomic mass is 79.9. The van der Waals surface area contributed by atoms with Crippen LogP contribution in [0.5, 0.6) is 0 Å². The highest BCUT2D eigenvalue weighted by Gasteiger charge is 2.29. The SMILES string of the molecule is CC(C)(C)N1CCC(c2nc3c(oc4ccc(Br)cc43)c(=O)[nH]2)CC1. The molecule has 3 aromatic rings.